The number of rotatable bonds is 9. The van der Waals surface area contributed by atoms with Crippen LogP contribution in [0.25, 0.3) is 10.9 Å². The van der Waals surface area contributed by atoms with Crippen LogP contribution >= 0.6 is 0 Å². The number of methoxy groups -OCH3 is 1. The number of imide groups is 2. The number of nitrogens with two attached hydrogens (primary N) is 1. The van der Waals surface area contributed by atoms with Gasteiger partial charge in [0.25, 0.3) is 11.8 Å². The van der Waals surface area contributed by atoms with E-state index in [9.17, 15) is 32.3 Å². The summed E-state index contributed by atoms with van der Waals surface area (Å²) >= 11 is 0. The first-order chi connectivity index (χ1) is 24.7. The highest BCUT2D eigenvalue weighted by atomic mass is 19.4. The number of carbonyl (C=O) groups excluding carboxylic acids is 4. The van der Waals surface area contributed by atoms with E-state index in [4.69, 9.17) is 15.2 Å². The number of nitrogens with zero attached hydrogens (tertiary/aromatic N) is 3. The van der Waals surface area contributed by atoms with Crippen molar-refractivity contribution in [2.45, 2.75) is 57.8 Å². The number of benzene rings is 3. The molecule has 1 unspecified atom stereocenters. The summed E-state index contributed by atoms with van der Waals surface area (Å²) < 4.78 is 52.0. The first kappa shape index (κ1) is 35.6. The molecular formula is C37H33F3N6O6. The third-order valence-electron chi connectivity index (χ3n) is 8.65. The zero-order chi connectivity index (χ0) is 37.3. The minimum absolute atomic E-state index is 0.0139. The average molecular weight is 715 g/mol. The van der Waals surface area contributed by atoms with Crippen molar-refractivity contribution in [3.05, 3.63) is 82.2 Å². The summed E-state index contributed by atoms with van der Waals surface area (Å²) in [5, 5.41) is 5.92. The van der Waals surface area contributed by atoms with Gasteiger partial charge in [0.1, 0.15) is 17.7 Å². The van der Waals surface area contributed by atoms with Crippen LogP contribution in [0.5, 0.6) is 11.5 Å². The molecule has 1 saturated heterocycles. The SMILES string of the molecule is COc1cc2nc(C)nc(N[C@H](C)c3cc(N)cc(C(F)(F)F)c3)c2cc1OCCCC#Cc1cccc2c1C(=O)N(C1CCC(=O)NC1=O)C2=O. The molecule has 15 heteroatoms. The molecule has 1 aromatic heterocycles. The predicted molar refractivity (Wildman–Crippen MR) is 183 cm³/mol. The summed E-state index contributed by atoms with van der Waals surface area (Å²) in [7, 11) is 1.48. The quantitative estimate of drug-likeness (QED) is 0.0893. The van der Waals surface area contributed by atoms with Gasteiger partial charge < -0.3 is 20.5 Å². The van der Waals surface area contributed by atoms with Gasteiger partial charge in [0, 0.05) is 35.5 Å². The van der Waals surface area contributed by atoms with Crippen LogP contribution in [0.15, 0.2) is 48.5 Å². The van der Waals surface area contributed by atoms with E-state index < -0.39 is 47.5 Å². The van der Waals surface area contributed by atoms with Gasteiger partial charge in [-0.25, -0.2) is 9.97 Å². The Kier molecular flexibility index (Phi) is 9.75. The second-order valence-corrected chi connectivity index (χ2v) is 12.3. The van der Waals surface area contributed by atoms with Crippen molar-refractivity contribution >= 4 is 46.0 Å². The monoisotopic (exact) mass is 714 g/mol. The number of hydrogen-bond acceptors (Lipinski definition) is 10. The average Bonchev–Trinajstić information content (AvgIpc) is 3.34. The Labute approximate surface area is 295 Å². The van der Waals surface area contributed by atoms with Crippen LogP contribution in [0.1, 0.15) is 81.9 Å². The third-order valence-corrected chi connectivity index (χ3v) is 8.65. The molecule has 12 nitrogen and oxygen atoms in total. The molecule has 2 aliphatic rings. The summed E-state index contributed by atoms with van der Waals surface area (Å²) in [6.45, 7) is 3.62. The van der Waals surface area contributed by atoms with Gasteiger partial charge in [0.15, 0.2) is 11.5 Å². The normalized spacial score (nSPS) is 16.3. The lowest BCUT2D eigenvalue weighted by atomic mass is 10.0. The van der Waals surface area contributed by atoms with E-state index in [1.807, 2.05) is 0 Å². The highest BCUT2D eigenvalue weighted by Crippen LogP contribution is 2.37. The lowest BCUT2D eigenvalue weighted by Crippen LogP contribution is -2.54. The Morgan fingerprint density at radius 3 is 2.60 bits per heavy atom. The molecule has 2 aliphatic heterocycles. The number of aryl methyl sites for hydroxylation is 1. The molecule has 0 aliphatic carbocycles. The molecule has 0 saturated carbocycles. The second kappa shape index (κ2) is 14.2. The van der Waals surface area contributed by atoms with Crippen molar-refractivity contribution in [3.63, 3.8) is 0 Å². The van der Waals surface area contributed by atoms with Crippen molar-refractivity contribution in [3.8, 4) is 23.3 Å². The van der Waals surface area contributed by atoms with Crippen LogP contribution in [0.2, 0.25) is 0 Å². The van der Waals surface area contributed by atoms with Crippen LogP contribution in [-0.4, -0.2) is 58.3 Å². The number of aromatic nitrogens is 2. The molecule has 6 rings (SSSR count). The maximum atomic E-state index is 13.5. The van der Waals surface area contributed by atoms with Gasteiger partial charge in [-0.3, -0.25) is 29.4 Å². The smallest absolute Gasteiger partial charge is 0.416 e. The predicted octanol–water partition coefficient (Wildman–Crippen LogP) is 5.33. The number of halogens is 3. The largest absolute Gasteiger partial charge is 0.493 e. The third kappa shape index (κ3) is 7.18. The number of nitrogens with one attached hydrogen (secondary N) is 2. The van der Waals surface area contributed by atoms with Crippen LogP contribution < -0.4 is 25.8 Å². The minimum atomic E-state index is -4.56. The van der Waals surface area contributed by atoms with Crippen LogP contribution in [-0.2, 0) is 15.8 Å². The van der Waals surface area contributed by atoms with Crippen molar-refractivity contribution < 1.29 is 41.8 Å². The van der Waals surface area contributed by atoms with Crippen LogP contribution in [0.3, 0.4) is 0 Å². The van der Waals surface area contributed by atoms with Gasteiger partial charge in [0.2, 0.25) is 11.8 Å². The number of alkyl halides is 3. The van der Waals surface area contributed by atoms with Crippen molar-refractivity contribution in [2.24, 2.45) is 0 Å². The fourth-order valence-corrected chi connectivity index (χ4v) is 6.13. The summed E-state index contributed by atoms with van der Waals surface area (Å²) in [4.78, 5) is 60.3. The number of anilines is 2. The molecule has 52 heavy (non-hydrogen) atoms. The molecule has 3 aromatic carbocycles. The maximum absolute atomic E-state index is 13.5. The highest BCUT2D eigenvalue weighted by Gasteiger charge is 2.45. The van der Waals surface area contributed by atoms with Gasteiger partial charge in [-0.15, -0.1) is 0 Å². The summed E-state index contributed by atoms with van der Waals surface area (Å²) in [6.07, 6.45) is -3.64. The maximum Gasteiger partial charge on any atom is 0.416 e. The van der Waals surface area contributed by atoms with E-state index in [0.29, 0.717) is 58.0 Å². The zero-order valence-electron chi connectivity index (χ0n) is 28.3. The van der Waals surface area contributed by atoms with Crippen molar-refractivity contribution in [1.29, 1.82) is 0 Å². The Balaban J connectivity index is 1.15. The fraction of sp³-hybridized carbons (Fsp3) is 0.297. The number of carbonyl (C=O) groups is 4. The fourth-order valence-electron chi connectivity index (χ4n) is 6.13. The van der Waals surface area contributed by atoms with Gasteiger partial charge in [-0.2, -0.15) is 13.2 Å². The van der Waals surface area contributed by atoms with E-state index in [0.717, 1.165) is 17.0 Å². The van der Waals surface area contributed by atoms with Crippen molar-refractivity contribution in [1.82, 2.24) is 20.2 Å². The Bertz CT molecular complexity index is 2190. The van der Waals surface area contributed by atoms with E-state index in [-0.39, 0.29) is 36.3 Å². The molecule has 0 bridgehead atoms. The lowest BCUT2D eigenvalue weighted by molar-refractivity contribution is -0.138. The van der Waals surface area contributed by atoms with Gasteiger partial charge in [-0.05, 0) is 68.7 Å². The molecular weight excluding hydrogens is 681 g/mol. The van der Waals surface area contributed by atoms with E-state index in [2.05, 4.69) is 32.4 Å². The summed E-state index contributed by atoms with van der Waals surface area (Å²) in [5.41, 5.74) is 6.40. The minimum Gasteiger partial charge on any atom is -0.493 e. The molecule has 4 aromatic rings. The molecule has 1 fully saturated rings. The van der Waals surface area contributed by atoms with Crippen LogP contribution in [0, 0.1) is 18.8 Å². The number of unbranched alkanes of at least 4 members (excludes halogenated alkanes) is 1. The Hall–Kier alpha value is -6.17. The molecule has 4 amide bonds. The summed E-state index contributed by atoms with van der Waals surface area (Å²) in [6, 6.07) is 9.85. The number of piperidine rings is 1. The highest BCUT2D eigenvalue weighted by molar-refractivity contribution is 6.24. The number of amides is 4. The van der Waals surface area contributed by atoms with Crippen molar-refractivity contribution in [2.75, 3.05) is 24.8 Å². The lowest BCUT2D eigenvalue weighted by Gasteiger charge is -2.27. The Morgan fingerprint density at radius 1 is 1.08 bits per heavy atom. The Morgan fingerprint density at radius 2 is 1.87 bits per heavy atom. The van der Waals surface area contributed by atoms with Gasteiger partial charge in [0.05, 0.1) is 42.0 Å². The first-order valence-corrected chi connectivity index (χ1v) is 16.3. The number of fused-ring (bicyclic) bond motifs is 2. The van der Waals surface area contributed by atoms with E-state index in [1.165, 1.54) is 19.2 Å². The molecule has 0 spiro atoms. The number of nitrogen functional groups attached to an aromatic ring is 1. The van der Waals surface area contributed by atoms with E-state index in [1.54, 1.807) is 38.1 Å². The molecule has 268 valence electrons. The van der Waals surface area contributed by atoms with Crippen LogP contribution in [0.4, 0.5) is 24.7 Å². The topological polar surface area (TPSA) is 166 Å². The zero-order valence-corrected chi connectivity index (χ0v) is 28.3. The standard InChI is InChI=1S/C37H33F3N6O6/c1-19(22-14-23(37(38,39)40)16-24(41)15-22)42-33-26-17-30(29(51-3)18-27(26)43-20(2)44-33)52-13-6-4-5-8-21-9-7-10-25-32(21)36(50)46(35(25)49)28-11-12-31(47)45-34(28)48/h7,9-10,14-19,28H,4,6,11-13,41H2,1-3H3,(H,42,43,44)(H,45,47,48)/t19-,28?/m1/s1. The number of hydrogen-bond donors (Lipinski definition) is 3. The van der Waals surface area contributed by atoms with Gasteiger partial charge in [-0.1, -0.05) is 17.9 Å². The number of ether oxygens (including phenoxy) is 2. The molecule has 3 heterocycles. The first-order valence-electron chi connectivity index (χ1n) is 16.3. The second-order valence-electron chi connectivity index (χ2n) is 12.3. The molecule has 4 N–H and O–H groups in total. The van der Waals surface area contributed by atoms with E-state index >= 15 is 0 Å². The molecule has 0 radical (unpaired) electrons. The van der Waals surface area contributed by atoms with Gasteiger partial charge >= 0.3 is 6.18 Å². The summed E-state index contributed by atoms with van der Waals surface area (Å²) in [5.74, 6) is 5.20. The molecule has 2 atom stereocenters.